The predicted octanol–water partition coefficient (Wildman–Crippen LogP) is 1.81. The molecule has 0 saturated heterocycles. The van der Waals surface area contributed by atoms with Crippen LogP contribution in [0.1, 0.15) is 18.9 Å². The highest BCUT2D eigenvalue weighted by Gasteiger charge is 2.06. The summed E-state index contributed by atoms with van der Waals surface area (Å²) in [6.45, 7) is 3.90. The predicted molar refractivity (Wildman–Crippen MR) is 72.1 cm³/mol. The fourth-order valence-corrected chi connectivity index (χ4v) is 1.75. The Labute approximate surface area is 109 Å². The molecule has 4 nitrogen and oxygen atoms in total. The Hall–Kier alpha value is -1.26. The smallest absolute Gasteiger partial charge is 0.161 e. The summed E-state index contributed by atoms with van der Waals surface area (Å²) in [7, 11) is 3.26. The highest BCUT2D eigenvalue weighted by molar-refractivity contribution is 5.42. The van der Waals surface area contributed by atoms with Crippen molar-refractivity contribution in [2.75, 3.05) is 27.4 Å². The average Bonchev–Trinajstić information content (AvgIpc) is 2.43. The van der Waals surface area contributed by atoms with Gasteiger partial charge in [-0.15, -0.1) is 0 Å². The second-order valence-corrected chi connectivity index (χ2v) is 4.28. The number of ether oxygens (including phenoxy) is 2. The molecule has 1 unspecified atom stereocenters. The van der Waals surface area contributed by atoms with E-state index in [1.807, 2.05) is 18.2 Å². The molecule has 0 heterocycles. The summed E-state index contributed by atoms with van der Waals surface area (Å²) in [6.07, 6.45) is 0.982. The number of aliphatic hydroxyl groups excluding tert-OH is 1. The molecule has 1 rings (SSSR count). The standard InChI is InChI=1S/C14H23NO3/c1-4-11(10-16)8-15-9-12-5-6-13(17-2)14(7-12)18-3/h5-7,11,15-16H,4,8-10H2,1-3H3. The summed E-state index contributed by atoms with van der Waals surface area (Å²) in [5.41, 5.74) is 1.14. The molecule has 4 heteroatoms. The molecule has 18 heavy (non-hydrogen) atoms. The molecule has 1 atom stereocenters. The second-order valence-electron chi connectivity index (χ2n) is 4.28. The molecule has 0 radical (unpaired) electrons. The molecule has 0 saturated carbocycles. The summed E-state index contributed by atoms with van der Waals surface area (Å²) in [5, 5.41) is 12.4. The number of hydrogen-bond acceptors (Lipinski definition) is 4. The first kappa shape index (κ1) is 14.8. The molecule has 1 aromatic rings. The third-order valence-corrected chi connectivity index (χ3v) is 3.05. The minimum atomic E-state index is 0.232. The van der Waals surface area contributed by atoms with Crippen LogP contribution >= 0.6 is 0 Å². The molecular weight excluding hydrogens is 230 g/mol. The van der Waals surface area contributed by atoms with E-state index in [1.54, 1.807) is 14.2 Å². The van der Waals surface area contributed by atoms with Crippen LogP contribution in [0.3, 0.4) is 0 Å². The lowest BCUT2D eigenvalue weighted by molar-refractivity contribution is 0.218. The van der Waals surface area contributed by atoms with Gasteiger partial charge in [-0.1, -0.05) is 13.0 Å². The SMILES string of the molecule is CCC(CO)CNCc1ccc(OC)c(OC)c1. The van der Waals surface area contributed by atoms with Crippen LogP contribution in [0.5, 0.6) is 11.5 Å². The van der Waals surface area contributed by atoms with Gasteiger partial charge in [0.05, 0.1) is 14.2 Å². The van der Waals surface area contributed by atoms with Crippen molar-refractivity contribution in [2.45, 2.75) is 19.9 Å². The van der Waals surface area contributed by atoms with E-state index in [2.05, 4.69) is 12.2 Å². The maximum absolute atomic E-state index is 9.10. The molecular formula is C14H23NO3. The van der Waals surface area contributed by atoms with Crippen LogP contribution in [0, 0.1) is 5.92 Å². The van der Waals surface area contributed by atoms with Gasteiger partial charge in [0.25, 0.3) is 0 Å². The highest BCUT2D eigenvalue weighted by Crippen LogP contribution is 2.27. The van der Waals surface area contributed by atoms with Gasteiger partial charge in [-0.3, -0.25) is 0 Å². The largest absolute Gasteiger partial charge is 0.493 e. The van der Waals surface area contributed by atoms with Crippen LogP contribution in [0.4, 0.5) is 0 Å². The van der Waals surface area contributed by atoms with Crippen molar-refractivity contribution >= 4 is 0 Å². The van der Waals surface area contributed by atoms with Crippen molar-refractivity contribution in [1.29, 1.82) is 0 Å². The number of aliphatic hydroxyl groups is 1. The lowest BCUT2D eigenvalue weighted by atomic mass is 10.1. The van der Waals surface area contributed by atoms with Gasteiger partial charge in [-0.25, -0.2) is 0 Å². The fraction of sp³-hybridized carbons (Fsp3) is 0.571. The van der Waals surface area contributed by atoms with Crippen LogP contribution in [-0.2, 0) is 6.54 Å². The summed E-state index contributed by atoms with van der Waals surface area (Å²) >= 11 is 0. The van der Waals surface area contributed by atoms with Gasteiger partial charge < -0.3 is 19.9 Å². The highest BCUT2D eigenvalue weighted by atomic mass is 16.5. The molecule has 0 spiro atoms. The number of methoxy groups -OCH3 is 2. The first-order valence-corrected chi connectivity index (χ1v) is 6.27. The maximum atomic E-state index is 9.10. The van der Waals surface area contributed by atoms with Crippen LogP contribution < -0.4 is 14.8 Å². The zero-order valence-electron chi connectivity index (χ0n) is 11.4. The third kappa shape index (κ3) is 4.20. The first-order valence-electron chi connectivity index (χ1n) is 6.27. The van der Waals surface area contributed by atoms with Gasteiger partial charge >= 0.3 is 0 Å². The molecule has 0 aliphatic heterocycles. The first-order chi connectivity index (χ1) is 8.74. The van der Waals surface area contributed by atoms with Crippen molar-refractivity contribution in [2.24, 2.45) is 5.92 Å². The normalized spacial score (nSPS) is 12.2. The van der Waals surface area contributed by atoms with Gasteiger partial charge in [-0.05, 0) is 30.0 Å². The van der Waals surface area contributed by atoms with Crippen LogP contribution in [0.15, 0.2) is 18.2 Å². The summed E-state index contributed by atoms with van der Waals surface area (Å²) in [6, 6.07) is 5.87. The van der Waals surface area contributed by atoms with Crippen molar-refractivity contribution in [3.05, 3.63) is 23.8 Å². The average molecular weight is 253 g/mol. The van der Waals surface area contributed by atoms with E-state index in [0.29, 0.717) is 5.92 Å². The Morgan fingerprint density at radius 2 is 1.94 bits per heavy atom. The zero-order chi connectivity index (χ0) is 13.4. The van der Waals surface area contributed by atoms with Crippen LogP contribution in [-0.4, -0.2) is 32.5 Å². The van der Waals surface area contributed by atoms with Gasteiger partial charge in [0.1, 0.15) is 0 Å². The van der Waals surface area contributed by atoms with E-state index in [4.69, 9.17) is 14.6 Å². The zero-order valence-corrected chi connectivity index (χ0v) is 11.4. The third-order valence-electron chi connectivity index (χ3n) is 3.05. The van der Waals surface area contributed by atoms with E-state index < -0.39 is 0 Å². The molecule has 0 amide bonds. The quantitative estimate of drug-likeness (QED) is 0.742. The number of benzene rings is 1. The van der Waals surface area contributed by atoms with Crippen LogP contribution in [0.2, 0.25) is 0 Å². The van der Waals surface area contributed by atoms with Crippen LogP contribution in [0.25, 0.3) is 0 Å². The molecule has 102 valence electrons. The summed E-state index contributed by atoms with van der Waals surface area (Å²) < 4.78 is 10.4. The molecule has 0 bridgehead atoms. The van der Waals surface area contributed by atoms with Crippen molar-refractivity contribution in [3.8, 4) is 11.5 Å². The molecule has 2 N–H and O–H groups in total. The lowest BCUT2D eigenvalue weighted by Gasteiger charge is -2.13. The molecule has 0 aliphatic carbocycles. The minimum absolute atomic E-state index is 0.232. The van der Waals surface area contributed by atoms with E-state index in [9.17, 15) is 0 Å². The van der Waals surface area contributed by atoms with Crippen molar-refractivity contribution < 1.29 is 14.6 Å². The summed E-state index contributed by atoms with van der Waals surface area (Å²) in [5.74, 6) is 1.80. The van der Waals surface area contributed by atoms with Gasteiger partial charge in [-0.2, -0.15) is 0 Å². The van der Waals surface area contributed by atoms with E-state index >= 15 is 0 Å². The summed E-state index contributed by atoms with van der Waals surface area (Å²) in [4.78, 5) is 0. The maximum Gasteiger partial charge on any atom is 0.161 e. The van der Waals surface area contributed by atoms with E-state index in [0.717, 1.165) is 36.6 Å². The number of rotatable bonds is 8. The Morgan fingerprint density at radius 1 is 1.22 bits per heavy atom. The van der Waals surface area contributed by atoms with E-state index in [-0.39, 0.29) is 6.61 Å². The molecule has 0 aliphatic rings. The van der Waals surface area contributed by atoms with Crippen molar-refractivity contribution in [3.63, 3.8) is 0 Å². The lowest BCUT2D eigenvalue weighted by Crippen LogP contribution is -2.24. The molecule has 1 aromatic carbocycles. The topological polar surface area (TPSA) is 50.7 Å². The van der Waals surface area contributed by atoms with Gasteiger partial charge in [0.2, 0.25) is 0 Å². The number of nitrogens with one attached hydrogen (secondary N) is 1. The Kier molecular flexibility index (Phi) is 6.54. The second kappa shape index (κ2) is 7.95. The number of hydrogen-bond donors (Lipinski definition) is 2. The Morgan fingerprint density at radius 3 is 2.50 bits per heavy atom. The monoisotopic (exact) mass is 253 g/mol. The van der Waals surface area contributed by atoms with E-state index in [1.165, 1.54) is 0 Å². The minimum Gasteiger partial charge on any atom is -0.493 e. The molecule has 0 fully saturated rings. The Bertz CT molecular complexity index is 351. The Balaban J connectivity index is 2.52. The van der Waals surface area contributed by atoms with Gasteiger partial charge in [0.15, 0.2) is 11.5 Å². The fourth-order valence-electron chi connectivity index (χ4n) is 1.75. The molecule has 0 aromatic heterocycles. The van der Waals surface area contributed by atoms with Gasteiger partial charge in [0, 0.05) is 19.7 Å². The van der Waals surface area contributed by atoms with Crippen molar-refractivity contribution in [1.82, 2.24) is 5.32 Å².